The predicted octanol–water partition coefficient (Wildman–Crippen LogP) is 1.88. The van der Waals surface area contributed by atoms with Gasteiger partial charge in [0, 0.05) is 12.1 Å². The zero-order valence-electron chi connectivity index (χ0n) is 10.7. The van der Waals surface area contributed by atoms with Gasteiger partial charge < -0.3 is 9.47 Å². The van der Waals surface area contributed by atoms with Gasteiger partial charge in [0.1, 0.15) is 11.5 Å². The van der Waals surface area contributed by atoms with Gasteiger partial charge in [-0.1, -0.05) is 11.6 Å². The third-order valence-corrected chi connectivity index (χ3v) is 4.07. The largest absolute Gasteiger partial charge is 0.495 e. The Bertz CT molecular complexity index is 701. The van der Waals surface area contributed by atoms with Crippen LogP contribution in [0.2, 0.25) is 5.02 Å². The van der Waals surface area contributed by atoms with E-state index in [1.165, 1.54) is 38.6 Å². The molecule has 2 N–H and O–H groups in total. The molecule has 0 aliphatic carbocycles. The van der Waals surface area contributed by atoms with E-state index in [4.69, 9.17) is 21.1 Å². The maximum absolute atomic E-state index is 12.1. The standard InChI is InChI=1S/C11H12ClN3O4S/c1-18-9-6-8(10(19-2)5-7(9)12)15-20(16,17)11-3-4-13-14-11/h3-6,15H,1-2H3,(H,13,14). The minimum Gasteiger partial charge on any atom is -0.495 e. The van der Waals surface area contributed by atoms with Gasteiger partial charge in [-0.3, -0.25) is 9.82 Å². The number of aromatic amines is 1. The van der Waals surface area contributed by atoms with Crippen LogP contribution in [-0.2, 0) is 10.0 Å². The summed E-state index contributed by atoms with van der Waals surface area (Å²) in [4.78, 5) is 0. The molecule has 1 aromatic heterocycles. The number of halogens is 1. The van der Waals surface area contributed by atoms with Crippen molar-refractivity contribution < 1.29 is 17.9 Å². The maximum Gasteiger partial charge on any atom is 0.278 e. The quantitative estimate of drug-likeness (QED) is 0.878. The maximum atomic E-state index is 12.1. The molecule has 108 valence electrons. The Labute approximate surface area is 120 Å². The van der Waals surface area contributed by atoms with Crippen molar-refractivity contribution in [3.05, 3.63) is 29.4 Å². The van der Waals surface area contributed by atoms with Gasteiger partial charge >= 0.3 is 0 Å². The van der Waals surface area contributed by atoms with E-state index in [2.05, 4.69) is 14.9 Å². The van der Waals surface area contributed by atoms with E-state index in [1.54, 1.807) is 0 Å². The highest BCUT2D eigenvalue weighted by atomic mass is 35.5. The summed E-state index contributed by atoms with van der Waals surface area (Å²) in [5.41, 5.74) is 0.211. The Hall–Kier alpha value is -1.93. The lowest BCUT2D eigenvalue weighted by Crippen LogP contribution is -2.14. The van der Waals surface area contributed by atoms with Gasteiger partial charge in [0.25, 0.3) is 10.0 Å². The summed E-state index contributed by atoms with van der Waals surface area (Å²) in [5.74, 6) is 0.605. The van der Waals surface area contributed by atoms with Gasteiger partial charge in [0.05, 0.1) is 31.1 Å². The Morgan fingerprint density at radius 3 is 2.50 bits per heavy atom. The second-order valence-electron chi connectivity index (χ2n) is 3.71. The lowest BCUT2D eigenvalue weighted by Gasteiger charge is -2.13. The molecule has 2 rings (SSSR count). The molecule has 0 aliphatic rings. The predicted molar refractivity (Wildman–Crippen MR) is 74.0 cm³/mol. The summed E-state index contributed by atoms with van der Waals surface area (Å²) < 4.78 is 36.7. The van der Waals surface area contributed by atoms with Crippen LogP contribution in [0.15, 0.2) is 29.4 Å². The SMILES string of the molecule is COc1cc(NS(=O)(=O)c2ccn[nH]2)c(OC)cc1Cl. The summed E-state index contributed by atoms with van der Waals surface area (Å²) in [7, 11) is -0.947. The number of hydrogen-bond acceptors (Lipinski definition) is 5. The second-order valence-corrected chi connectivity index (χ2v) is 5.77. The average Bonchev–Trinajstić information content (AvgIpc) is 2.94. The molecule has 1 aromatic carbocycles. The van der Waals surface area contributed by atoms with Crippen molar-refractivity contribution >= 4 is 27.3 Å². The number of hydrogen-bond donors (Lipinski definition) is 2. The van der Waals surface area contributed by atoms with Crippen LogP contribution >= 0.6 is 11.6 Å². The lowest BCUT2D eigenvalue weighted by molar-refractivity contribution is 0.405. The number of anilines is 1. The molecule has 0 radical (unpaired) electrons. The van der Waals surface area contributed by atoms with E-state index in [9.17, 15) is 8.42 Å². The van der Waals surface area contributed by atoms with Gasteiger partial charge in [-0.2, -0.15) is 13.5 Å². The van der Waals surface area contributed by atoms with Gasteiger partial charge in [0.2, 0.25) is 0 Å². The topological polar surface area (TPSA) is 93.3 Å². The van der Waals surface area contributed by atoms with Crippen molar-refractivity contribution in [3.8, 4) is 11.5 Å². The second kappa shape index (κ2) is 5.59. The van der Waals surface area contributed by atoms with Crippen molar-refractivity contribution in [3.63, 3.8) is 0 Å². The molecule has 7 nitrogen and oxygen atoms in total. The average molecular weight is 318 g/mol. The lowest BCUT2D eigenvalue weighted by atomic mass is 10.3. The number of nitrogens with zero attached hydrogens (tertiary/aromatic N) is 1. The van der Waals surface area contributed by atoms with E-state index < -0.39 is 10.0 Å². The molecule has 1 heterocycles. The zero-order valence-corrected chi connectivity index (χ0v) is 12.2. The number of methoxy groups -OCH3 is 2. The molecular formula is C11H12ClN3O4S. The number of H-pyrrole nitrogens is 1. The monoisotopic (exact) mass is 317 g/mol. The molecule has 20 heavy (non-hydrogen) atoms. The first-order valence-electron chi connectivity index (χ1n) is 5.41. The highest BCUT2D eigenvalue weighted by Crippen LogP contribution is 2.36. The summed E-state index contributed by atoms with van der Waals surface area (Å²) >= 11 is 5.95. The number of sulfonamides is 1. The Morgan fingerprint density at radius 1 is 1.25 bits per heavy atom. The third-order valence-electron chi connectivity index (χ3n) is 2.48. The van der Waals surface area contributed by atoms with Crippen molar-refractivity contribution in [1.82, 2.24) is 10.2 Å². The molecule has 0 atom stereocenters. The van der Waals surface area contributed by atoms with Crippen LogP contribution in [0.4, 0.5) is 5.69 Å². The summed E-state index contributed by atoms with van der Waals surface area (Å²) in [6, 6.07) is 4.24. The first-order chi connectivity index (χ1) is 9.47. The summed E-state index contributed by atoms with van der Waals surface area (Å²) in [6.07, 6.45) is 1.34. The smallest absolute Gasteiger partial charge is 0.278 e. The van der Waals surface area contributed by atoms with Crippen LogP contribution < -0.4 is 14.2 Å². The Morgan fingerprint density at radius 2 is 1.95 bits per heavy atom. The molecule has 0 spiro atoms. The van der Waals surface area contributed by atoms with Crippen LogP contribution in [0.25, 0.3) is 0 Å². The molecule has 0 unspecified atom stereocenters. The molecular weight excluding hydrogens is 306 g/mol. The van der Waals surface area contributed by atoms with E-state index in [0.29, 0.717) is 10.8 Å². The van der Waals surface area contributed by atoms with Crippen LogP contribution in [-0.4, -0.2) is 32.8 Å². The first-order valence-corrected chi connectivity index (χ1v) is 7.27. The van der Waals surface area contributed by atoms with E-state index in [-0.39, 0.29) is 16.5 Å². The molecule has 0 aliphatic heterocycles. The fourth-order valence-electron chi connectivity index (χ4n) is 1.53. The number of nitrogens with one attached hydrogen (secondary N) is 2. The molecule has 0 bridgehead atoms. The minimum atomic E-state index is -3.79. The van der Waals surface area contributed by atoms with Gasteiger partial charge in [-0.05, 0) is 6.07 Å². The Balaban J connectivity index is 2.43. The van der Waals surface area contributed by atoms with E-state index in [1.807, 2.05) is 0 Å². The van der Waals surface area contributed by atoms with Crippen molar-refractivity contribution in [2.45, 2.75) is 5.03 Å². The van der Waals surface area contributed by atoms with Gasteiger partial charge in [-0.25, -0.2) is 0 Å². The zero-order chi connectivity index (χ0) is 14.8. The van der Waals surface area contributed by atoms with Crippen LogP contribution in [0.3, 0.4) is 0 Å². The molecule has 9 heteroatoms. The number of rotatable bonds is 5. The molecule has 0 fully saturated rings. The van der Waals surface area contributed by atoms with Crippen molar-refractivity contribution in [1.29, 1.82) is 0 Å². The number of benzene rings is 1. The van der Waals surface area contributed by atoms with Crippen LogP contribution in [0.5, 0.6) is 11.5 Å². The summed E-state index contributed by atoms with van der Waals surface area (Å²) in [5, 5.41) is 6.23. The van der Waals surface area contributed by atoms with Crippen LogP contribution in [0.1, 0.15) is 0 Å². The highest BCUT2D eigenvalue weighted by molar-refractivity contribution is 7.92. The normalized spacial score (nSPS) is 11.2. The number of aromatic nitrogens is 2. The fourth-order valence-corrected chi connectivity index (χ4v) is 2.74. The van der Waals surface area contributed by atoms with Crippen molar-refractivity contribution in [2.75, 3.05) is 18.9 Å². The highest BCUT2D eigenvalue weighted by Gasteiger charge is 2.19. The molecule has 0 amide bonds. The minimum absolute atomic E-state index is 0.0616. The molecule has 0 saturated carbocycles. The molecule has 0 saturated heterocycles. The van der Waals surface area contributed by atoms with Crippen molar-refractivity contribution in [2.24, 2.45) is 0 Å². The fraction of sp³-hybridized carbons (Fsp3) is 0.182. The third kappa shape index (κ3) is 2.81. The summed E-state index contributed by atoms with van der Waals surface area (Å²) in [6.45, 7) is 0. The first kappa shape index (κ1) is 14.5. The van der Waals surface area contributed by atoms with Gasteiger partial charge in [-0.15, -0.1) is 0 Å². The Kier molecular flexibility index (Phi) is 4.05. The number of ether oxygens (including phenoxy) is 2. The van der Waals surface area contributed by atoms with Crippen LogP contribution in [0, 0.1) is 0 Å². The molecule has 2 aromatic rings. The van der Waals surface area contributed by atoms with E-state index in [0.717, 1.165) is 0 Å². The van der Waals surface area contributed by atoms with E-state index >= 15 is 0 Å². The van der Waals surface area contributed by atoms with Gasteiger partial charge in [0.15, 0.2) is 5.03 Å².